The lowest BCUT2D eigenvalue weighted by molar-refractivity contribution is -0.125. The molecule has 1 atom stereocenters. The van der Waals surface area contributed by atoms with Crippen molar-refractivity contribution in [3.05, 3.63) is 32.7 Å². The maximum Gasteiger partial charge on any atom is 0.253 e. The number of carbonyl (C=O) groups excluding carboxylic acids is 2. The van der Waals surface area contributed by atoms with Crippen LogP contribution in [0.2, 0.25) is 0 Å². The van der Waals surface area contributed by atoms with Crippen molar-refractivity contribution < 1.29 is 9.59 Å². The van der Waals surface area contributed by atoms with Gasteiger partial charge >= 0.3 is 0 Å². The third-order valence-electron chi connectivity index (χ3n) is 3.22. The van der Waals surface area contributed by atoms with Crippen molar-refractivity contribution in [2.24, 2.45) is 11.7 Å². The molecule has 1 unspecified atom stereocenters. The Hall–Kier alpha value is -0.880. The number of carbonyl (C=O) groups is 2. The molecule has 1 rings (SSSR count). The van der Waals surface area contributed by atoms with Crippen LogP contribution in [0.3, 0.4) is 0 Å². The average molecular weight is 392 g/mol. The molecule has 0 saturated heterocycles. The first-order valence-corrected chi connectivity index (χ1v) is 7.34. The number of primary amides is 1. The zero-order valence-electron chi connectivity index (χ0n) is 11.0. The predicted molar refractivity (Wildman–Crippen MR) is 81.7 cm³/mol. The molecule has 4 nitrogen and oxygen atoms in total. The molecule has 0 bridgehead atoms. The fourth-order valence-corrected chi connectivity index (χ4v) is 2.69. The number of nitrogens with two attached hydrogens (primary N) is 1. The van der Waals surface area contributed by atoms with Gasteiger partial charge in [0.1, 0.15) is 5.54 Å². The first-order chi connectivity index (χ1) is 8.68. The van der Waals surface area contributed by atoms with E-state index in [2.05, 4.69) is 37.2 Å². The van der Waals surface area contributed by atoms with E-state index in [9.17, 15) is 9.59 Å². The highest BCUT2D eigenvalue weighted by Crippen LogP contribution is 2.23. The Morgan fingerprint density at radius 3 is 2.32 bits per heavy atom. The smallest absolute Gasteiger partial charge is 0.253 e. The van der Waals surface area contributed by atoms with Gasteiger partial charge in [0.2, 0.25) is 5.91 Å². The summed E-state index contributed by atoms with van der Waals surface area (Å²) in [5.41, 5.74) is 4.76. The van der Waals surface area contributed by atoms with Crippen molar-refractivity contribution in [1.29, 1.82) is 0 Å². The molecule has 0 spiro atoms. The summed E-state index contributed by atoms with van der Waals surface area (Å²) < 4.78 is 1.51. The Bertz CT molecular complexity index is 517. The number of nitrogens with one attached hydrogen (secondary N) is 1. The summed E-state index contributed by atoms with van der Waals surface area (Å²) in [5.74, 6) is -0.998. The zero-order chi connectivity index (χ0) is 14.8. The first-order valence-electron chi connectivity index (χ1n) is 5.76. The summed E-state index contributed by atoms with van der Waals surface area (Å²) in [6, 6.07) is 5.20. The Balaban J connectivity index is 3.04. The standard InChI is InChI=1S/C13H16Br2N2O2/c1-7(2)13(3,12(16)19)17-11(18)9-5-4-8(14)6-10(9)15/h4-7H,1-3H3,(H2,16,19)(H,17,18). The van der Waals surface area contributed by atoms with Crippen molar-refractivity contribution in [1.82, 2.24) is 5.32 Å². The van der Waals surface area contributed by atoms with Crippen LogP contribution in [-0.2, 0) is 4.79 Å². The van der Waals surface area contributed by atoms with E-state index >= 15 is 0 Å². The van der Waals surface area contributed by atoms with Gasteiger partial charge in [-0.1, -0.05) is 29.8 Å². The number of hydrogen-bond donors (Lipinski definition) is 2. The van der Waals surface area contributed by atoms with Gasteiger partial charge in [-0.05, 0) is 47.0 Å². The second-order valence-electron chi connectivity index (χ2n) is 4.80. The van der Waals surface area contributed by atoms with Crippen LogP contribution < -0.4 is 11.1 Å². The maximum absolute atomic E-state index is 12.2. The fraction of sp³-hybridized carbons (Fsp3) is 0.385. The molecular weight excluding hydrogens is 376 g/mol. The highest BCUT2D eigenvalue weighted by atomic mass is 79.9. The van der Waals surface area contributed by atoms with Crippen molar-refractivity contribution >= 4 is 43.7 Å². The van der Waals surface area contributed by atoms with E-state index in [-0.39, 0.29) is 11.8 Å². The highest BCUT2D eigenvalue weighted by Gasteiger charge is 2.36. The number of benzene rings is 1. The monoisotopic (exact) mass is 390 g/mol. The average Bonchev–Trinajstić information content (AvgIpc) is 2.27. The first kappa shape index (κ1) is 16.2. The SMILES string of the molecule is CC(C)C(C)(NC(=O)c1ccc(Br)cc1Br)C(N)=O. The molecule has 0 aliphatic rings. The molecular formula is C13H16Br2N2O2. The van der Waals surface area contributed by atoms with Gasteiger partial charge in [-0.15, -0.1) is 0 Å². The van der Waals surface area contributed by atoms with Gasteiger partial charge in [0.15, 0.2) is 0 Å². The lowest BCUT2D eigenvalue weighted by Crippen LogP contribution is -2.58. The molecule has 3 N–H and O–H groups in total. The normalized spacial score (nSPS) is 14.0. The molecule has 0 fully saturated rings. The van der Waals surface area contributed by atoms with E-state index in [0.29, 0.717) is 10.0 Å². The van der Waals surface area contributed by atoms with Gasteiger partial charge in [-0.2, -0.15) is 0 Å². The number of amides is 2. The van der Waals surface area contributed by atoms with Gasteiger partial charge in [0.25, 0.3) is 5.91 Å². The lowest BCUT2D eigenvalue weighted by Gasteiger charge is -2.31. The molecule has 1 aromatic carbocycles. The fourth-order valence-electron chi connectivity index (χ4n) is 1.47. The maximum atomic E-state index is 12.2. The Morgan fingerprint density at radius 2 is 1.89 bits per heavy atom. The van der Waals surface area contributed by atoms with Gasteiger partial charge < -0.3 is 11.1 Å². The quantitative estimate of drug-likeness (QED) is 0.828. The third-order valence-corrected chi connectivity index (χ3v) is 4.36. The van der Waals surface area contributed by atoms with Crippen LogP contribution in [0, 0.1) is 5.92 Å². The topological polar surface area (TPSA) is 72.2 Å². The lowest BCUT2D eigenvalue weighted by atomic mass is 9.87. The summed E-state index contributed by atoms with van der Waals surface area (Å²) in [4.78, 5) is 23.8. The molecule has 1 aromatic rings. The minimum atomic E-state index is -1.08. The molecule has 0 radical (unpaired) electrons. The van der Waals surface area contributed by atoms with Crippen LogP contribution in [0.25, 0.3) is 0 Å². The predicted octanol–water partition coefficient (Wildman–Crippen LogP) is 2.84. The Morgan fingerprint density at radius 1 is 1.32 bits per heavy atom. The van der Waals surface area contributed by atoms with E-state index in [4.69, 9.17) is 5.73 Å². The van der Waals surface area contributed by atoms with E-state index in [0.717, 1.165) is 4.47 Å². The van der Waals surface area contributed by atoms with Crippen LogP contribution in [0.1, 0.15) is 31.1 Å². The molecule has 0 aromatic heterocycles. The van der Waals surface area contributed by atoms with Crippen molar-refractivity contribution in [2.45, 2.75) is 26.3 Å². The van der Waals surface area contributed by atoms with Crippen LogP contribution in [-0.4, -0.2) is 17.4 Å². The summed E-state index contributed by atoms with van der Waals surface area (Å²) in [5, 5.41) is 2.71. The van der Waals surface area contributed by atoms with Gasteiger partial charge in [-0.25, -0.2) is 0 Å². The second-order valence-corrected chi connectivity index (χ2v) is 6.57. The van der Waals surface area contributed by atoms with Crippen LogP contribution >= 0.6 is 31.9 Å². The molecule has 0 heterocycles. The summed E-state index contributed by atoms with van der Waals surface area (Å²) in [6.07, 6.45) is 0. The van der Waals surface area contributed by atoms with E-state index < -0.39 is 11.4 Å². The molecule has 0 aliphatic carbocycles. The molecule has 2 amide bonds. The summed E-state index contributed by atoms with van der Waals surface area (Å²) >= 11 is 6.64. The molecule has 6 heteroatoms. The van der Waals surface area contributed by atoms with Crippen molar-refractivity contribution in [3.63, 3.8) is 0 Å². The largest absolute Gasteiger partial charge is 0.368 e. The van der Waals surface area contributed by atoms with Crippen molar-refractivity contribution in [2.75, 3.05) is 0 Å². The minimum absolute atomic E-state index is 0.108. The number of halogens is 2. The van der Waals surface area contributed by atoms with Gasteiger partial charge in [-0.3, -0.25) is 9.59 Å². The van der Waals surface area contributed by atoms with Crippen LogP contribution in [0.15, 0.2) is 27.1 Å². The van der Waals surface area contributed by atoms with Crippen LogP contribution in [0.4, 0.5) is 0 Å². The third kappa shape index (κ3) is 3.57. The van der Waals surface area contributed by atoms with Gasteiger partial charge in [0.05, 0.1) is 5.56 Å². The summed E-state index contributed by atoms with van der Waals surface area (Å²) in [6.45, 7) is 5.30. The molecule has 0 saturated carbocycles. The summed E-state index contributed by atoms with van der Waals surface area (Å²) in [7, 11) is 0. The molecule has 0 aliphatic heterocycles. The van der Waals surface area contributed by atoms with E-state index in [1.54, 1.807) is 25.1 Å². The van der Waals surface area contributed by atoms with E-state index in [1.807, 2.05) is 13.8 Å². The van der Waals surface area contributed by atoms with Crippen molar-refractivity contribution in [3.8, 4) is 0 Å². The number of rotatable bonds is 4. The zero-order valence-corrected chi connectivity index (χ0v) is 14.1. The Labute approximate surface area is 129 Å². The van der Waals surface area contributed by atoms with E-state index in [1.165, 1.54) is 0 Å². The van der Waals surface area contributed by atoms with Crippen LogP contribution in [0.5, 0.6) is 0 Å². The Kier molecular flexibility index (Phi) is 5.15. The molecule has 104 valence electrons. The minimum Gasteiger partial charge on any atom is -0.368 e. The highest BCUT2D eigenvalue weighted by molar-refractivity contribution is 9.11. The molecule has 19 heavy (non-hydrogen) atoms. The van der Waals surface area contributed by atoms with Gasteiger partial charge in [0, 0.05) is 8.95 Å². The number of hydrogen-bond acceptors (Lipinski definition) is 2. The second kappa shape index (κ2) is 6.05.